The van der Waals surface area contributed by atoms with E-state index in [4.69, 9.17) is 30.8 Å². The van der Waals surface area contributed by atoms with Crippen LogP contribution in [-0.4, -0.2) is 30.9 Å². The minimum Gasteiger partial charge on any atom is -0.488 e. The van der Waals surface area contributed by atoms with Crippen molar-refractivity contribution in [2.45, 2.75) is 39.3 Å². The Morgan fingerprint density at radius 3 is 2.47 bits per heavy atom. The van der Waals surface area contributed by atoms with Gasteiger partial charge < -0.3 is 14.2 Å². The summed E-state index contributed by atoms with van der Waals surface area (Å²) in [7, 11) is 1.55. The average Bonchev–Trinajstić information content (AvgIpc) is 3.30. The lowest BCUT2D eigenvalue weighted by atomic mass is 9.93. The monoisotopic (exact) mass is 616 g/mol. The molecule has 1 unspecified atom stereocenters. The van der Waals surface area contributed by atoms with E-state index < -0.39 is 12.0 Å². The number of para-hydroxylation sites is 1. The van der Waals surface area contributed by atoms with Crippen LogP contribution in [-0.2, 0) is 20.9 Å². The van der Waals surface area contributed by atoms with Gasteiger partial charge >= 0.3 is 5.97 Å². The van der Waals surface area contributed by atoms with Crippen LogP contribution < -0.4 is 19.6 Å². The number of halogens is 1. The number of aromatic nitrogens is 1. The molecule has 4 aromatic rings. The maximum Gasteiger partial charge on any atom is 0.338 e. The van der Waals surface area contributed by atoms with E-state index in [1.54, 1.807) is 18.6 Å². The summed E-state index contributed by atoms with van der Waals surface area (Å²) < 4.78 is 18.8. The molecule has 0 radical (unpaired) electrons. The lowest BCUT2D eigenvalue weighted by Gasteiger charge is -2.25. The van der Waals surface area contributed by atoms with Crippen molar-refractivity contribution in [1.29, 1.82) is 0 Å². The SMILES string of the molecule is COCCOC(=O)C1=C(C)N=c2sc(=Cc3ccccc3OCc3ccc(Cl)cc3)c(=O)n2C1c1ccc(C(C)C)cc1. The molecule has 0 N–H and O–H groups in total. The van der Waals surface area contributed by atoms with Crippen LogP contribution in [0.4, 0.5) is 0 Å². The van der Waals surface area contributed by atoms with Crippen molar-refractivity contribution < 1.29 is 19.0 Å². The number of carbonyl (C=O) groups is 1. The molecule has 2 heterocycles. The summed E-state index contributed by atoms with van der Waals surface area (Å²) in [6.07, 6.45) is 1.82. The van der Waals surface area contributed by atoms with E-state index in [0.717, 1.165) is 22.3 Å². The number of hydrogen-bond donors (Lipinski definition) is 0. The minimum atomic E-state index is -0.689. The number of allylic oxidation sites excluding steroid dienone is 1. The fourth-order valence-corrected chi connectivity index (χ4v) is 6.03. The predicted octanol–water partition coefficient (Wildman–Crippen LogP) is 5.78. The molecule has 0 fully saturated rings. The Morgan fingerprint density at radius 2 is 1.77 bits per heavy atom. The summed E-state index contributed by atoms with van der Waals surface area (Å²) in [6, 6.07) is 22.4. The van der Waals surface area contributed by atoms with E-state index in [9.17, 15) is 9.59 Å². The Bertz CT molecular complexity index is 1820. The first-order chi connectivity index (χ1) is 20.8. The van der Waals surface area contributed by atoms with E-state index in [1.165, 1.54) is 11.3 Å². The number of nitrogens with zero attached hydrogens (tertiary/aromatic N) is 2. The molecule has 1 aliphatic rings. The summed E-state index contributed by atoms with van der Waals surface area (Å²) in [5, 5.41) is 0.662. The summed E-state index contributed by atoms with van der Waals surface area (Å²) >= 11 is 7.30. The second kappa shape index (κ2) is 13.5. The fourth-order valence-electron chi connectivity index (χ4n) is 4.87. The number of esters is 1. The molecule has 0 spiro atoms. The van der Waals surface area contributed by atoms with Crippen LogP contribution in [0.15, 0.2) is 93.9 Å². The van der Waals surface area contributed by atoms with Gasteiger partial charge in [0.05, 0.1) is 28.5 Å². The molecule has 0 saturated carbocycles. The Kier molecular flexibility index (Phi) is 9.60. The second-order valence-electron chi connectivity index (χ2n) is 10.5. The first-order valence-electron chi connectivity index (χ1n) is 14.0. The van der Waals surface area contributed by atoms with Crippen LogP contribution in [0.25, 0.3) is 6.08 Å². The van der Waals surface area contributed by atoms with Gasteiger partial charge in [0.25, 0.3) is 5.56 Å². The summed E-state index contributed by atoms with van der Waals surface area (Å²) in [6.45, 7) is 6.74. The first kappa shape index (κ1) is 30.5. The number of thiazole rings is 1. The highest BCUT2D eigenvalue weighted by Gasteiger charge is 2.33. The average molecular weight is 617 g/mol. The summed E-state index contributed by atoms with van der Waals surface area (Å²) in [4.78, 5) is 32.7. The number of methoxy groups -OCH3 is 1. The first-order valence-corrected chi connectivity index (χ1v) is 15.2. The Balaban J connectivity index is 1.57. The number of fused-ring (bicyclic) bond motifs is 1. The lowest BCUT2D eigenvalue weighted by Crippen LogP contribution is -2.40. The van der Waals surface area contributed by atoms with Crippen molar-refractivity contribution >= 4 is 35.0 Å². The molecule has 9 heteroatoms. The van der Waals surface area contributed by atoms with Crippen LogP contribution in [0, 0.1) is 0 Å². The predicted molar refractivity (Wildman–Crippen MR) is 169 cm³/mol. The highest BCUT2D eigenvalue weighted by Crippen LogP contribution is 2.31. The minimum absolute atomic E-state index is 0.0995. The smallest absolute Gasteiger partial charge is 0.338 e. The molecule has 3 aromatic carbocycles. The van der Waals surface area contributed by atoms with Gasteiger partial charge in [0.2, 0.25) is 0 Å². The molecule has 0 bridgehead atoms. The molecule has 0 saturated heterocycles. The standard InChI is InChI=1S/C34H33ClN2O5S/c1-21(2)24-11-13-25(14-12-24)31-30(33(39)41-18-17-40-4)22(3)36-34-37(31)32(38)29(43-34)19-26-7-5-6-8-28(26)42-20-23-9-15-27(35)16-10-23/h5-16,19,21,31H,17-18,20H2,1-4H3. The number of hydrogen-bond acceptors (Lipinski definition) is 7. The quantitative estimate of drug-likeness (QED) is 0.167. The number of ether oxygens (including phenoxy) is 3. The third-order valence-electron chi connectivity index (χ3n) is 7.19. The molecule has 0 amide bonds. The van der Waals surface area contributed by atoms with Crippen molar-refractivity contribution in [2.24, 2.45) is 4.99 Å². The van der Waals surface area contributed by atoms with Crippen LogP contribution in [0.5, 0.6) is 5.75 Å². The summed E-state index contributed by atoms with van der Waals surface area (Å²) in [5.74, 6) is 0.461. The maximum atomic E-state index is 14.1. The van der Waals surface area contributed by atoms with Gasteiger partial charge in [-0.25, -0.2) is 9.79 Å². The molecule has 1 aliphatic heterocycles. The highest BCUT2D eigenvalue weighted by atomic mass is 35.5. The Morgan fingerprint density at radius 1 is 1.05 bits per heavy atom. The van der Waals surface area contributed by atoms with E-state index in [-0.39, 0.29) is 18.8 Å². The number of rotatable bonds is 10. The normalized spacial score (nSPS) is 14.9. The van der Waals surface area contributed by atoms with Crippen molar-refractivity contribution in [2.75, 3.05) is 20.3 Å². The van der Waals surface area contributed by atoms with Crippen molar-refractivity contribution in [3.05, 3.63) is 131 Å². The highest BCUT2D eigenvalue weighted by molar-refractivity contribution is 7.07. The third-order valence-corrected chi connectivity index (χ3v) is 8.43. The molecule has 0 aliphatic carbocycles. The van der Waals surface area contributed by atoms with E-state index in [2.05, 4.69) is 13.8 Å². The van der Waals surface area contributed by atoms with E-state index in [1.807, 2.05) is 78.9 Å². The Hall–Kier alpha value is -3.98. The van der Waals surface area contributed by atoms with Gasteiger partial charge in [0.15, 0.2) is 4.80 Å². The van der Waals surface area contributed by atoms with Crippen LogP contribution in [0.2, 0.25) is 5.02 Å². The van der Waals surface area contributed by atoms with Gasteiger partial charge in [-0.1, -0.05) is 91.4 Å². The number of benzene rings is 3. The van der Waals surface area contributed by atoms with E-state index in [0.29, 0.717) is 43.9 Å². The molecule has 1 atom stereocenters. The zero-order valence-corrected chi connectivity index (χ0v) is 26.1. The molecular weight excluding hydrogens is 584 g/mol. The van der Waals surface area contributed by atoms with Gasteiger partial charge in [-0.3, -0.25) is 9.36 Å². The van der Waals surface area contributed by atoms with Gasteiger partial charge in [-0.05, 0) is 53.8 Å². The van der Waals surface area contributed by atoms with Crippen molar-refractivity contribution in [3.63, 3.8) is 0 Å². The molecule has 222 valence electrons. The largest absolute Gasteiger partial charge is 0.488 e. The van der Waals surface area contributed by atoms with Crippen molar-refractivity contribution in [3.8, 4) is 5.75 Å². The van der Waals surface area contributed by atoms with Crippen LogP contribution in [0.1, 0.15) is 55.0 Å². The van der Waals surface area contributed by atoms with Gasteiger partial charge in [0, 0.05) is 17.7 Å². The molecule has 5 rings (SSSR count). The van der Waals surface area contributed by atoms with E-state index >= 15 is 0 Å². The molecular formula is C34H33ClN2O5S. The topological polar surface area (TPSA) is 79.1 Å². The van der Waals surface area contributed by atoms with Crippen LogP contribution in [0.3, 0.4) is 0 Å². The maximum absolute atomic E-state index is 14.1. The van der Waals surface area contributed by atoms with Gasteiger partial charge in [-0.15, -0.1) is 0 Å². The third kappa shape index (κ3) is 6.82. The number of carbonyl (C=O) groups excluding carboxylic acids is 1. The lowest BCUT2D eigenvalue weighted by molar-refractivity contribution is -0.140. The van der Waals surface area contributed by atoms with Gasteiger partial charge in [0.1, 0.15) is 19.0 Å². The Labute approximate surface area is 259 Å². The molecule has 7 nitrogen and oxygen atoms in total. The zero-order chi connectivity index (χ0) is 30.5. The fraction of sp³-hybridized carbons (Fsp3) is 0.265. The molecule has 1 aromatic heterocycles. The van der Waals surface area contributed by atoms with Crippen molar-refractivity contribution in [1.82, 2.24) is 4.57 Å². The zero-order valence-electron chi connectivity index (χ0n) is 24.5. The molecule has 43 heavy (non-hydrogen) atoms. The van der Waals surface area contributed by atoms with Crippen LogP contribution >= 0.6 is 22.9 Å². The van der Waals surface area contributed by atoms with Gasteiger partial charge in [-0.2, -0.15) is 0 Å². The second-order valence-corrected chi connectivity index (χ2v) is 11.9. The summed E-state index contributed by atoms with van der Waals surface area (Å²) in [5.41, 5.74) is 4.30.